The van der Waals surface area contributed by atoms with E-state index in [-0.39, 0.29) is 42.2 Å². The summed E-state index contributed by atoms with van der Waals surface area (Å²) in [6.07, 6.45) is 3.02. The zero-order valence-electron chi connectivity index (χ0n) is 25.7. The zero-order chi connectivity index (χ0) is 33.3. The third kappa shape index (κ3) is 6.14. The van der Waals surface area contributed by atoms with E-state index < -0.39 is 29.4 Å². The summed E-state index contributed by atoms with van der Waals surface area (Å²) < 4.78 is 59.4. The number of piperidine rings is 2. The average Bonchev–Trinajstić information content (AvgIpc) is 3.86. The molecule has 0 radical (unpaired) electrons. The molecule has 3 saturated heterocycles. The van der Waals surface area contributed by atoms with Gasteiger partial charge < -0.3 is 33.1 Å². The van der Waals surface area contributed by atoms with Crippen molar-refractivity contribution in [3.63, 3.8) is 0 Å². The molecule has 3 aliphatic rings. The number of halogens is 2. The molecule has 3 aliphatic heterocycles. The van der Waals surface area contributed by atoms with E-state index in [9.17, 15) is 14.4 Å². The molecule has 1 atom stereocenters. The number of carbonyl (C=O) groups is 3. The molecule has 2 aromatic carbocycles. The number of aromatic nitrogens is 2. The first-order chi connectivity index (χ1) is 23.3. The smallest absolute Gasteiger partial charge is 0.415 e. The minimum absolute atomic E-state index is 0.0978. The maximum atomic E-state index is 16.0. The van der Waals surface area contributed by atoms with Gasteiger partial charge in [0.2, 0.25) is 5.60 Å². The molecule has 5 heterocycles. The average molecular weight is 664 g/mol. The summed E-state index contributed by atoms with van der Waals surface area (Å²) >= 11 is 0. The van der Waals surface area contributed by atoms with Crippen molar-refractivity contribution in [1.29, 1.82) is 0 Å². The van der Waals surface area contributed by atoms with Crippen LogP contribution in [-0.2, 0) is 14.3 Å². The first kappa shape index (κ1) is 31.1. The molecule has 0 aliphatic carbocycles. The van der Waals surface area contributed by atoms with Crippen LogP contribution in [0.1, 0.15) is 37.3 Å². The lowest BCUT2D eigenvalue weighted by molar-refractivity contribution is -0.120. The van der Waals surface area contributed by atoms with Crippen molar-refractivity contribution in [3.8, 4) is 11.8 Å². The van der Waals surface area contributed by atoms with E-state index >= 15 is 8.78 Å². The van der Waals surface area contributed by atoms with Crippen LogP contribution >= 0.6 is 0 Å². The van der Waals surface area contributed by atoms with E-state index in [1.165, 1.54) is 41.7 Å². The molecule has 15 heteroatoms. The highest BCUT2D eigenvalue weighted by Gasteiger charge is 2.57. The highest BCUT2D eigenvalue weighted by molar-refractivity contribution is 5.92. The molecule has 0 saturated carbocycles. The Bertz CT molecular complexity index is 1740. The number of anilines is 3. The molecule has 2 aromatic heterocycles. The normalized spacial score (nSPS) is 19.5. The summed E-state index contributed by atoms with van der Waals surface area (Å²) in [6, 6.07) is 10.7. The number of rotatable bonds is 10. The minimum atomic E-state index is -1.66. The van der Waals surface area contributed by atoms with Gasteiger partial charge in [0.15, 0.2) is 0 Å². The van der Waals surface area contributed by atoms with Crippen LogP contribution in [0.15, 0.2) is 70.1 Å². The predicted molar refractivity (Wildman–Crippen MR) is 164 cm³/mol. The Hall–Kier alpha value is -5.47. The highest BCUT2D eigenvalue weighted by Crippen LogP contribution is 2.46. The SMILES string of the molecule is O=C1CCN(c2ccc([C@H]3N(c4ccc(N5CCC(=O)CC5)c(F)c4)C(=O)OC3(COc3ccon3)COc3ccon3)cc2F)CC1. The Labute approximate surface area is 272 Å². The number of ether oxygens (including phenoxy) is 3. The molecule has 0 unspecified atom stereocenters. The molecule has 48 heavy (non-hydrogen) atoms. The van der Waals surface area contributed by atoms with Crippen molar-refractivity contribution in [3.05, 3.63) is 78.3 Å². The first-order valence-corrected chi connectivity index (χ1v) is 15.5. The third-order valence-electron chi connectivity index (χ3n) is 8.82. The second-order valence-electron chi connectivity index (χ2n) is 11.9. The van der Waals surface area contributed by atoms with Crippen LogP contribution in [0.4, 0.5) is 30.6 Å². The zero-order valence-corrected chi connectivity index (χ0v) is 25.7. The van der Waals surface area contributed by atoms with Gasteiger partial charge in [-0.3, -0.25) is 14.5 Å². The number of ketones is 2. The van der Waals surface area contributed by atoms with Gasteiger partial charge in [-0.25, -0.2) is 13.6 Å². The van der Waals surface area contributed by atoms with Gasteiger partial charge in [0.05, 0.1) is 17.1 Å². The van der Waals surface area contributed by atoms with Crippen LogP contribution in [0.3, 0.4) is 0 Å². The molecule has 7 rings (SSSR count). The van der Waals surface area contributed by atoms with Crippen LogP contribution in [0.2, 0.25) is 0 Å². The maximum Gasteiger partial charge on any atom is 0.415 e. The van der Waals surface area contributed by atoms with Crippen LogP contribution in [-0.4, -0.2) is 73.0 Å². The molecule has 4 aromatic rings. The molecular formula is C33H31F2N5O8. The fraction of sp³-hybridized carbons (Fsp3) is 0.364. The highest BCUT2D eigenvalue weighted by atomic mass is 19.1. The fourth-order valence-corrected chi connectivity index (χ4v) is 6.38. The number of cyclic esters (lactones) is 1. The summed E-state index contributed by atoms with van der Waals surface area (Å²) in [6.45, 7) is 0.854. The van der Waals surface area contributed by atoms with Crippen molar-refractivity contribution >= 4 is 34.7 Å². The Morgan fingerprint density at radius 3 is 1.73 bits per heavy atom. The second kappa shape index (κ2) is 13.0. The lowest BCUT2D eigenvalue weighted by Gasteiger charge is -2.35. The van der Waals surface area contributed by atoms with E-state index in [1.807, 2.05) is 0 Å². The largest absolute Gasteiger partial charge is 0.471 e. The van der Waals surface area contributed by atoms with Crippen LogP contribution in [0, 0.1) is 11.6 Å². The number of carbonyl (C=O) groups excluding carboxylic acids is 3. The number of nitrogens with zero attached hydrogens (tertiary/aromatic N) is 5. The number of benzene rings is 2. The van der Waals surface area contributed by atoms with Crippen molar-refractivity contribution in [2.24, 2.45) is 0 Å². The summed E-state index contributed by atoms with van der Waals surface area (Å²) in [7, 11) is 0. The van der Waals surface area contributed by atoms with Crippen molar-refractivity contribution in [1.82, 2.24) is 10.3 Å². The fourth-order valence-electron chi connectivity index (χ4n) is 6.38. The number of hydrogen-bond acceptors (Lipinski definition) is 12. The van der Waals surface area contributed by atoms with Crippen molar-refractivity contribution < 1.29 is 46.4 Å². The van der Waals surface area contributed by atoms with Gasteiger partial charge >= 0.3 is 6.09 Å². The summed E-state index contributed by atoms with van der Waals surface area (Å²) in [5.41, 5.74) is -0.615. The topological polar surface area (TPSA) is 141 Å². The summed E-state index contributed by atoms with van der Waals surface area (Å²) in [4.78, 5) is 42.3. The van der Waals surface area contributed by atoms with Gasteiger partial charge in [0.1, 0.15) is 55.0 Å². The van der Waals surface area contributed by atoms with Crippen molar-refractivity contribution in [2.45, 2.75) is 37.3 Å². The van der Waals surface area contributed by atoms with E-state index in [1.54, 1.807) is 34.1 Å². The van der Waals surface area contributed by atoms with Gasteiger partial charge in [-0.15, -0.1) is 0 Å². The number of Topliss-reactive ketones (excluding diaryl/α,β-unsaturated/α-hetero) is 2. The molecule has 250 valence electrons. The van der Waals surface area contributed by atoms with E-state index in [0.29, 0.717) is 68.8 Å². The lowest BCUT2D eigenvalue weighted by atomic mass is 9.88. The Morgan fingerprint density at radius 2 is 1.25 bits per heavy atom. The second-order valence-corrected chi connectivity index (χ2v) is 11.9. The third-order valence-corrected chi connectivity index (χ3v) is 8.82. The molecule has 3 fully saturated rings. The minimum Gasteiger partial charge on any atom is -0.471 e. The monoisotopic (exact) mass is 663 g/mol. The van der Waals surface area contributed by atoms with Gasteiger partial charge in [0, 0.05) is 64.0 Å². The van der Waals surface area contributed by atoms with Crippen LogP contribution in [0.25, 0.3) is 0 Å². The van der Waals surface area contributed by atoms with E-state index in [2.05, 4.69) is 10.3 Å². The Morgan fingerprint density at radius 1 is 0.729 bits per heavy atom. The summed E-state index contributed by atoms with van der Waals surface area (Å²) in [5, 5.41) is 7.56. The lowest BCUT2D eigenvalue weighted by Crippen LogP contribution is -2.48. The van der Waals surface area contributed by atoms with Crippen molar-refractivity contribution in [2.75, 3.05) is 54.1 Å². The molecule has 13 nitrogen and oxygen atoms in total. The molecule has 1 amide bonds. The quantitative estimate of drug-likeness (QED) is 0.229. The van der Waals surface area contributed by atoms with Gasteiger partial charge in [-0.05, 0) is 46.2 Å². The van der Waals surface area contributed by atoms with E-state index in [0.717, 1.165) is 0 Å². The molecule has 0 spiro atoms. The molecule has 0 bridgehead atoms. The van der Waals surface area contributed by atoms with E-state index in [4.69, 9.17) is 23.3 Å². The molecule has 0 N–H and O–H groups in total. The maximum absolute atomic E-state index is 16.0. The Balaban J connectivity index is 1.29. The standard InChI is InChI=1S/C33H31F2N5O8/c34-25-17-21(1-3-27(25)38-11-5-23(41)6-12-38)31-33(19-44-29-9-15-46-36-29,20-45-30-10-16-47-37-30)48-32(43)40(31)22-2-4-28(26(35)18-22)39-13-7-24(42)8-14-39/h1-4,9-10,15-18,31H,5-8,11-14,19-20H2/t31-/m1/s1. The Kier molecular flexibility index (Phi) is 8.41. The van der Waals surface area contributed by atoms with Crippen LogP contribution in [0.5, 0.6) is 11.8 Å². The number of hydrogen-bond donors (Lipinski definition) is 0. The number of amides is 1. The first-order valence-electron chi connectivity index (χ1n) is 15.5. The van der Waals surface area contributed by atoms with Gasteiger partial charge in [-0.1, -0.05) is 6.07 Å². The van der Waals surface area contributed by atoms with Gasteiger partial charge in [0.25, 0.3) is 11.8 Å². The summed E-state index contributed by atoms with van der Waals surface area (Å²) in [5.74, 6) is -0.747. The van der Waals surface area contributed by atoms with Crippen LogP contribution < -0.4 is 24.2 Å². The molecular weight excluding hydrogens is 632 g/mol. The van der Waals surface area contributed by atoms with Gasteiger partial charge in [-0.2, -0.15) is 0 Å². The predicted octanol–water partition coefficient (Wildman–Crippen LogP) is 4.87.